The van der Waals surface area contributed by atoms with Crippen LogP contribution in [0.3, 0.4) is 0 Å². The minimum absolute atomic E-state index is 0.352. The van der Waals surface area contributed by atoms with Gasteiger partial charge in [0.15, 0.2) is 6.61 Å². The van der Waals surface area contributed by atoms with Gasteiger partial charge in [-0.1, -0.05) is 18.2 Å². The summed E-state index contributed by atoms with van der Waals surface area (Å²) in [7, 11) is 0. The lowest BCUT2D eigenvalue weighted by atomic mass is 10.2. The van der Waals surface area contributed by atoms with E-state index in [9.17, 15) is 14.4 Å². The van der Waals surface area contributed by atoms with Crippen LogP contribution in [0.4, 0.5) is 0 Å². The average Bonchev–Trinajstić information content (AvgIpc) is 2.46. The molecule has 0 bridgehead atoms. The molecule has 19 heavy (non-hydrogen) atoms. The topological polar surface area (TPSA) is 63.7 Å². The third kappa shape index (κ3) is 4.21. The van der Waals surface area contributed by atoms with Crippen LogP contribution < -0.4 is 0 Å². The fourth-order valence-corrected chi connectivity index (χ4v) is 1.54. The van der Waals surface area contributed by atoms with Crippen molar-refractivity contribution in [2.45, 2.75) is 13.8 Å². The number of Topliss-reactive ketones (excluding diaryl/α,β-unsaturated/α-hetero) is 1. The predicted molar refractivity (Wildman–Crippen MR) is 69.7 cm³/mol. The van der Waals surface area contributed by atoms with Gasteiger partial charge in [-0.15, -0.1) is 0 Å². The molecule has 0 atom stereocenters. The number of amides is 1. The standard InChI is InChI=1S/C14H17NO4/c1-3-15(4-2)13(17)12(16)10-19-14(18)11-8-6-5-7-9-11/h5-9H,3-4,10H2,1-2H3. The second kappa shape index (κ2) is 7.31. The van der Waals surface area contributed by atoms with Gasteiger partial charge in [0.2, 0.25) is 0 Å². The van der Waals surface area contributed by atoms with Crippen LogP contribution in [0.25, 0.3) is 0 Å². The maximum Gasteiger partial charge on any atom is 0.338 e. The van der Waals surface area contributed by atoms with Crippen molar-refractivity contribution in [3.05, 3.63) is 35.9 Å². The SMILES string of the molecule is CCN(CC)C(=O)C(=O)COC(=O)c1ccccc1. The van der Waals surface area contributed by atoms with E-state index < -0.39 is 24.3 Å². The van der Waals surface area contributed by atoms with Crippen LogP contribution in [0, 0.1) is 0 Å². The average molecular weight is 263 g/mol. The Morgan fingerprint density at radius 2 is 1.63 bits per heavy atom. The molecule has 102 valence electrons. The molecule has 0 fully saturated rings. The van der Waals surface area contributed by atoms with Crippen LogP contribution in [0.15, 0.2) is 30.3 Å². The zero-order valence-corrected chi connectivity index (χ0v) is 11.1. The molecule has 0 spiro atoms. The molecular formula is C14H17NO4. The van der Waals surface area contributed by atoms with Crippen molar-refractivity contribution >= 4 is 17.7 Å². The van der Waals surface area contributed by atoms with E-state index in [0.29, 0.717) is 18.7 Å². The molecule has 0 N–H and O–H groups in total. The van der Waals surface area contributed by atoms with Crippen molar-refractivity contribution in [1.29, 1.82) is 0 Å². The van der Waals surface area contributed by atoms with E-state index in [1.165, 1.54) is 4.90 Å². The van der Waals surface area contributed by atoms with E-state index in [2.05, 4.69) is 0 Å². The summed E-state index contributed by atoms with van der Waals surface area (Å²) in [6.07, 6.45) is 0. The highest BCUT2D eigenvalue weighted by Crippen LogP contribution is 2.01. The van der Waals surface area contributed by atoms with Crippen molar-refractivity contribution < 1.29 is 19.1 Å². The van der Waals surface area contributed by atoms with Crippen LogP contribution in [-0.4, -0.2) is 42.3 Å². The first-order valence-electron chi connectivity index (χ1n) is 6.14. The van der Waals surface area contributed by atoms with E-state index in [1.54, 1.807) is 44.2 Å². The maximum absolute atomic E-state index is 11.6. The molecule has 1 rings (SSSR count). The second-order valence-electron chi connectivity index (χ2n) is 3.84. The molecule has 0 heterocycles. The number of carbonyl (C=O) groups is 3. The predicted octanol–water partition coefficient (Wildman–Crippen LogP) is 1.28. The van der Waals surface area contributed by atoms with Crippen LogP contribution in [0.2, 0.25) is 0 Å². The third-order valence-electron chi connectivity index (χ3n) is 2.63. The summed E-state index contributed by atoms with van der Waals surface area (Å²) in [5, 5.41) is 0. The van der Waals surface area contributed by atoms with Crippen molar-refractivity contribution in [3.63, 3.8) is 0 Å². The Bertz CT molecular complexity index is 452. The highest BCUT2D eigenvalue weighted by atomic mass is 16.5. The minimum Gasteiger partial charge on any atom is -0.453 e. The summed E-state index contributed by atoms with van der Waals surface area (Å²) in [5.41, 5.74) is 0.352. The van der Waals surface area contributed by atoms with Crippen LogP contribution in [-0.2, 0) is 14.3 Å². The lowest BCUT2D eigenvalue weighted by Crippen LogP contribution is -2.38. The van der Waals surface area contributed by atoms with Crippen molar-refractivity contribution in [1.82, 2.24) is 4.90 Å². The summed E-state index contributed by atoms with van der Waals surface area (Å²) < 4.78 is 4.81. The van der Waals surface area contributed by atoms with Crippen LogP contribution in [0.5, 0.6) is 0 Å². The van der Waals surface area contributed by atoms with E-state index in [0.717, 1.165) is 0 Å². The van der Waals surface area contributed by atoms with Gasteiger partial charge in [0, 0.05) is 13.1 Å². The van der Waals surface area contributed by atoms with Gasteiger partial charge in [-0.3, -0.25) is 9.59 Å². The smallest absolute Gasteiger partial charge is 0.338 e. The van der Waals surface area contributed by atoms with E-state index in [-0.39, 0.29) is 0 Å². The number of benzene rings is 1. The fraction of sp³-hybridized carbons (Fsp3) is 0.357. The summed E-state index contributed by atoms with van der Waals surface area (Å²) in [6, 6.07) is 8.32. The molecular weight excluding hydrogens is 246 g/mol. The monoisotopic (exact) mass is 263 g/mol. The highest BCUT2D eigenvalue weighted by Gasteiger charge is 2.20. The zero-order valence-electron chi connectivity index (χ0n) is 11.1. The molecule has 5 heteroatoms. The maximum atomic E-state index is 11.6. The number of hydrogen-bond acceptors (Lipinski definition) is 4. The fourth-order valence-electron chi connectivity index (χ4n) is 1.54. The first kappa shape index (κ1) is 14.9. The molecule has 0 aliphatic carbocycles. The first-order valence-corrected chi connectivity index (χ1v) is 6.14. The number of likely N-dealkylation sites (N-methyl/N-ethyl adjacent to an activating group) is 1. The molecule has 0 unspecified atom stereocenters. The largest absolute Gasteiger partial charge is 0.453 e. The van der Waals surface area contributed by atoms with Crippen molar-refractivity contribution in [3.8, 4) is 0 Å². The Hall–Kier alpha value is -2.17. The Kier molecular flexibility index (Phi) is 5.73. The summed E-state index contributed by atoms with van der Waals surface area (Å²) in [5.74, 6) is -1.94. The molecule has 0 radical (unpaired) electrons. The van der Waals surface area contributed by atoms with Crippen LogP contribution >= 0.6 is 0 Å². The van der Waals surface area contributed by atoms with E-state index in [1.807, 2.05) is 0 Å². The molecule has 5 nitrogen and oxygen atoms in total. The normalized spacial score (nSPS) is 9.79. The zero-order chi connectivity index (χ0) is 14.3. The third-order valence-corrected chi connectivity index (χ3v) is 2.63. The number of nitrogens with zero attached hydrogens (tertiary/aromatic N) is 1. The molecule has 1 aromatic rings. The molecule has 1 amide bonds. The minimum atomic E-state index is -0.715. The van der Waals surface area contributed by atoms with Gasteiger partial charge in [-0.2, -0.15) is 0 Å². The number of esters is 1. The van der Waals surface area contributed by atoms with E-state index >= 15 is 0 Å². The molecule has 0 aliphatic rings. The Morgan fingerprint density at radius 3 is 2.16 bits per heavy atom. The number of rotatable bonds is 6. The number of ketones is 1. The Labute approximate surface area is 112 Å². The lowest BCUT2D eigenvalue weighted by molar-refractivity contribution is -0.145. The summed E-state index contributed by atoms with van der Waals surface area (Å²) >= 11 is 0. The van der Waals surface area contributed by atoms with Crippen molar-refractivity contribution in [2.75, 3.05) is 19.7 Å². The molecule has 0 aliphatic heterocycles. The van der Waals surface area contributed by atoms with Gasteiger partial charge in [0.25, 0.3) is 11.7 Å². The van der Waals surface area contributed by atoms with Crippen molar-refractivity contribution in [2.24, 2.45) is 0 Å². The first-order chi connectivity index (χ1) is 9.10. The van der Waals surface area contributed by atoms with E-state index in [4.69, 9.17) is 4.74 Å². The lowest BCUT2D eigenvalue weighted by Gasteiger charge is -2.17. The molecule has 0 saturated carbocycles. The quantitative estimate of drug-likeness (QED) is 0.573. The molecule has 0 aromatic heterocycles. The van der Waals surface area contributed by atoms with Gasteiger partial charge in [-0.05, 0) is 26.0 Å². The highest BCUT2D eigenvalue weighted by molar-refractivity contribution is 6.36. The Balaban J connectivity index is 2.51. The van der Waals surface area contributed by atoms with Gasteiger partial charge in [-0.25, -0.2) is 4.79 Å². The van der Waals surface area contributed by atoms with Gasteiger partial charge >= 0.3 is 5.97 Å². The second-order valence-corrected chi connectivity index (χ2v) is 3.84. The van der Waals surface area contributed by atoms with Crippen LogP contribution in [0.1, 0.15) is 24.2 Å². The van der Waals surface area contributed by atoms with Gasteiger partial charge < -0.3 is 9.64 Å². The summed E-state index contributed by atoms with van der Waals surface area (Å²) in [4.78, 5) is 36.2. The number of hydrogen-bond donors (Lipinski definition) is 0. The van der Waals surface area contributed by atoms with Gasteiger partial charge in [0.05, 0.1) is 5.56 Å². The number of carbonyl (C=O) groups excluding carboxylic acids is 3. The Morgan fingerprint density at radius 1 is 1.05 bits per heavy atom. The summed E-state index contributed by atoms with van der Waals surface area (Å²) in [6.45, 7) is 3.94. The molecule has 1 aromatic carbocycles. The molecule has 0 saturated heterocycles. The number of ether oxygens (including phenoxy) is 1. The van der Waals surface area contributed by atoms with Gasteiger partial charge in [0.1, 0.15) is 0 Å².